The van der Waals surface area contributed by atoms with E-state index in [0.29, 0.717) is 10.7 Å². The Kier molecular flexibility index (Phi) is 3.53. The molecule has 3 rings (SSSR count). The van der Waals surface area contributed by atoms with Gasteiger partial charge in [-0.2, -0.15) is 0 Å². The molecule has 0 aromatic carbocycles. The van der Waals surface area contributed by atoms with Gasteiger partial charge in [-0.1, -0.05) is 17.7 Å². The first-order chi connectivity index (χ1) is 9.25. The topological polar surface area (TPSA) is 33.2 Å². The minimum absolute atomic E-state index is 0.0293. The standard InChI is InChI=1S/C14H13ClN2OS/c15-10-5-6-16-11(9-10)14(18)17-7-1-3-12(17)13-4-2-8-19-13/h2,4-6,8-9,12H,1,3,7H2. The zero-order valence-corrected chi connectivity index (χ0v) is 11.8. The maximum absolute atomic E-state index is 12.5. The Bertz CT molecular complexity index is 585. The first-order valence-corrected chi connectivity index (χ1v) is 7.47. The monoisotopic (exact) mass is 292 g/mol. The molecule has 0 radical (unpaired) electrons. The number of hydrogen-bond acceptors (Lipinski definition) is 3. The van der Waals surface area contributed by atoms with Gasteiger partial charge in [0.05, 0.1) is 6.04 Å². The van der Waals surface area contributed by atoms with E-state index in [1.807, 2.05) is 16.3 Å². The number of amides is 1. The minimum Gasteiger partial charge on any atom is -0.329 e. The van der Waals surface area contributed by atoms with Crippen LogP contribution >= 0.6 is 22.9 Å². The van der Waals surface area contributed by atoms with Crippen LogP contribution in [0.2, 0.25) is 5.02 Å². The Morgan fingerprint density at radius 2 is 2.37 bits per heavy atom. The van der Waals surface area contributed by atoms with Crippen molar-refractivity contribution in [1.82, 2.24) is 9.88 Å². The van der Waals surface area contributed by atoms with Crippen molar-refractivity contribution in [2.45, 2.75) is 18.9 Å². The van der Waals surface area contributed by atoms with Crippen molar-refractivity contribution in [1.29, 1.82) is 0 Å². The lowest BCUT2D eigenvalue weighted by Crippen LogP contribution is -2.30. The van der Waals surface area contributed by atoms with Crippen molar-refractivity contribution >= 4 is 28.8 Å². The van der Waals surface area contributed by atoms with Gasteiger partial charge < -0.3 is 4.90 Å². The zero-order valence-electron chi connectivity index (χ0n) is 10.3. The Labute approximate surface area is 120 Å². The highest BCUT2D eigenvalue weighted by atomic mass is 35.5. The summed E-state index contributed by atoms with van der Waals surface area (Å²) in [6.07, 6.45) is 3.63. The van der Waals surface area contributed by atoms with E-state index in [0.717, 1.165) is 19.4 Å². The van der Waals surface area contributed by atoms with E-state index >= 15 is 0 Å². The Morgan fingerprint density at radius 1 is 1.47 bits per heavy atom. The van der Waals surface area contributed by atoms with Crippen molar-refractivity contribution in [2.24, 2.45) is 0 Å². The molecule has 2 aromatic heterocycles. The van der Waals surface area contributed by atoms with Crippen LogP contribution in [0.3, 0.4) is 0 Å². The summed E-state index contributed by atoms with van der Waals surface area (Å²) in [4.78, 5) is 19.8. The second-order valence-corrected chi connectivity index (χ2v) is 5.95. The highest BCUT2D eigenvalue weighted by Gasteiger charge is 2.31. The van der Waals surface area contributed by atoms with Crippen LogP contribution in [0.15, 0.2) is 35.8 Å². The molecule has 1 aliphatic heterocycles. The summed E-state index contributed by atoms with van der Waals surface area (Å²) in [5.74, 6) is -0.0293. The van der Waals surface area contributed by atoms with Crippen LogP contribution in [0.5, 0.6) is 0 Å². The highest BCUT2D eigenvalue weighted by Crippen LogP contribution is 2.35. The number of carbonyl (C=O) groups is 1. The van der Waals surface area contributed by atoms with Crippen LogP contribution in [0.4, 0.5) is 0 Å². The summed E-state index contributed by atoms with van der Waals surface area (Å²) in [6, 6.07) is 7.62. The largest absolute Gasteiger partial charge is 0.329 e. The van der Waals surface area contributed by atoms with Crippen LogP contribution in [0, 0.1) is 0 Å². The molecule has 0 aliphatic carbocycles. The molecule has 0 saturated carbocycles. The molecule has 1 saturated heterocycles. The predicted molar refractivity (Wildman–Crippen MR) is 76.6 cm³/mol. The lowest BCUT2D eigenvalue weighted by atomic mass is 10.2. The molecule has 5 heteroatoms. The molecule has 1 unspecified atom stereocenters. The first-order valence-electron chi connectivity index (χ1n) is 6.21. The lowest BCUT2D eigenvalue weighted by Gasteiger charge is -2.23. The summed E-state index contributed by atoms with van der Waals surface area (Å²) in [5, 5.41) is 2.60. The number of hydrogen-bond donors (Lipinski definition) is 0. The van der Waals surface area contributed by atoms with E-state index in [9.17, 15) is 4.79 Å². The lowest BCUT2D eigenvalue weighted by molar-refractivity contribution is 0.0732. The van der Waals surface area contributed by atoms with Crippen LogP contribution in [0.1, 0.15) is 34.2 Å². The minimum atomic E-state index is -0.0293. The molecule has 3 heterocycles. The zero-order chi connectivity index (χ0) is 13.2. The van der Waals surface area contributed by atoms with Gasteiger partial charge in [0.25, 0.3) is 5.91 Å². The van der Waals surface area contributed by atoms with Crippen molar-refractivity contribution < 1.29 is 4.79 Å². The van der Waals surface area contributed by atoms with Gasteiger partial charge in [0, 0.05) is 22.6 Å². The molecule has 1 aliphatic rings. The van der Waals surface area contributed by atoms with Gasteiger partial charge in [0.1, 0.15) is 5.69 Å². The number of pyridine rings is 1. The average Bonchev–Trinajstić information content (AvgIpc) is 3.08. The van der Waals surface area contributed by atoms with Gasteiger partial charge in [-0.15, -0.1) is 11.3 Å². The Hall–Kier alpha value is -1.39. The molecule has 1 fully saturated rings. The quantitative estimate of drug-likeness (QED) is 0.844. The van der Waals surface area contributed by atoms with Crippen LogP contribution in [-0.2, 0) is 0 Å². The van der Waals surface area contributed by atoms with E-state index < -0.39 is 0 Å². The van der Waals surface area contributed by atoms with Gasteiger partial charge >= 0.3 is 0 Å². The Morgan fingerprint density at radius 3 is 3.11 bits per heavy atom. The van der Waals surface area contributed by atoms with E-state index in [2.05, 4.69) is 11.1 Å². The fourth-order valence-electron chi connectivity index (χ4n) is 2.46. The predicted octanol–water partition coefficient (Wildman–Crippen LogP) is 3.77. The number of likely N-dealkylation sites (tertiary alicyclic amines) is 1. The van der Waals surface area contributed by atoms with E-state index in [1.165, 1.54) is 4.88 Å². The summed E-state index contributed by atoms with van der Waals surface area (Å²) in [6.45, 7) is 0.787. The van der Waals surface area contributed by atoms with Crippen LogP contribution < -0.4 is 0 Å². The van der Waals surface area contributed by atoms with Gasteiger partial charge in [-0.05, 0) is 36.4 Å². The maximum atomic E-state index is 12.5. The summed E-state index contributed by atoms with van der Waals surface area (Å²) in [5.41, 5.74) is 0.427. The summed E-state index contributed by atoms with van der Waals surface area (Å²) in [7, 11) is 0. The molecular weight excluding hydrogens is 280 g/mol. The number of rotatable bonds is 2. The first kappa shape index (κ1) is 12.6. The molecule has 2 aromatic rings. The van der Waals surface area contributed by atoms with Crippen LogP contribution in [-0.4, -0.2) is 22.3 Å². The summed E-state index contributed by atoms with van der Waals surface area (Å²) >= 11 is 7.62. The molecule has 0 bridgehead atoms. The average molecular weight is 293 g/mol. The third-order valence-electron chi connectivity index (χ3n) is 3.33. The van der Waals surface area contributed by atoms with Gasteiger partial charge in [-0.3, -0.25) is 9.78 Å². The molecule has 98 valence electrons. The number of carbonyl (C=O) groups excluding carboxylic acids is 1. The molecular formula is C14H13ClN2OS. The summed E-state index contributed by atoms with van der Waals surface area (Å²) < 4.78 is 0. The van der Waals surface area contributed by atoms with Gasteiger partial charge in [0.2, 0.25) is 0 Å². The SMILES string of the molecule is O=C(c1cc(Cl)ccn1)N1CCCC1c1cccs1. The molecule has 1 atom stereocenters. The molecule has 1 amide bonds. The fraction of sp³-hybridized carbons (Fsp3) is 0.286. The molecule has 0 spiro atoms. The van der Waals surface area contributed by atoms with E-state index in [4.69, 9.17) is 11.6 Å². The highest BCUT2D eigenvalue weighted by molar-refractivity contribution is 7.10. The second kappa shape index (κ2) is 5.31. The molecule has 19 heavy (non-hydrogen) atoms. The number of nitrogens with zero attached hydrogens (tertiary/aromatic N) is 2. The smallest absolute Gasteiger partial charge is 0.273 e. The van der Waals surface area contributed by atoms with Gasteiger partial charge in [-0.25, -0.2) is 0 Å². The fourth-order valence-corrected chi connectivity index (χ4v) is 3.49. The third kappa shape index (κ3) is 2.51. The number of aromatic nitrogens is 1. The maximum Gasteiger partial charge on any atom is 0.273 e. The van der Waals surface area contributed by atoms with Crippen molar-refractivity contribution in [3.05, 3.63) is 51.4 Å². The second-order valence-electron chi connectivity index (χ2n) is 4.53. The number of halogens is 1. The van der Waals surface area contributed by atoms with E-state index in [1.54, 1.807) is 29.7 Å². The van der Waals surface area contributed by atoms with Crippen molar-refractivity contribution in [3.63, 3.8) is 0 Å². The van der Waals surface area contributed by atoms with Crippen molar-refractivity contribution in [2.75, 3.05) is 6.54 Å². The normalized spacial score (nSPS) is 18.8. The molecule has 3 nitrogen and oxygen atoms in total. The number of thiophene rings is 1. The Balaban J connectivity index is 1.87. The van der Waals surface area contributed by atoms with Gasteiger partial charge in [0.15, 0.2) is 0 Å². The van der Waals surface area contributed by atoms with E-state index in [-0.39, 0.29) is 11.9 Å². The molecule has 0 N–H and O–H groups in total. The van der Waals surface area contributed by atoms with Crippen LogP contribution in [0.25, 0.3) is 0 Å². The third-order valence-corrected chi connectivity index (χ3v) is 4.54. The van der Waals surface area contributed by atoms with Crippen molar-refractivity contribution in [3.8, 4) is 0 Å².